The largest absolute Gasteiger partial charge is 0.417 e. The lowest BCUT2D eigenvalue weighted by molar-refractivity contribution is -0.137. The van der Waals surface area contributed by atoms with Crippen molar-refractivity contribution >= 4 is 17.5 Å². The third-order valence-electron chi connectivity index (χ3n) is 5.98. The number of carbonyl (C=O) groups is 1. The summed E-state index contributed by atoms with van der Waals surface area (Å²) in [6.45, 7) is 3.54. The van der Waals surface area contributed by atoms with E-state index in [-0.39, 0.29) is 6.04 Å². The normalized spacial score (nSPS) is 17.4. The minimum Gasteiger partial charge on any atom is -0.342 e. The van der Waals surface area contributed by atoms with Crippen LogP contribution >= 0.6 is 11.6 Å². The lowest BCUT2D eigenvalue weighted by atomic mass is 9.91. The standard InChI is InChI=1S/C24H25ClF3N5O/c1-2-33-14-17(13-31-33)15-6-5-7-16(12-15)21(19-8-3-4-10-29-19)32-23(34)22-20(25)18(9-11-30-22)24(26,27)28/h5-7,9,11-14,19,21,29H,2-4,8,10H2,1H3,(H,32,34)/t19-,21?/m0/s1. The number of nitrogens with one attached hydrogen (secondary N) is 2. The van der Waals surface area contributed by atoms with Crippen LogP contribution in [0.1, 0.15) is 53.8 Å². The number of pyridine rings is 1. The SMILES string of the molecule is CCn1cc(-c2cccc(C(NC(=O)c3nccc(C(F)(F)F)c3Cl)[C@@H]3CCCCN3)c2)cn1. The maximum atomic E-state index is 13.3. The summed E-state index contributed by atoms with van der Waals surface area (Å²) in [7, 11) is 0. The molecule has 10 heteroatoms. The van der Waals surface area contributed by atoms with Crippen LogP contribution in [-0.2, 0) is 12.7 Å². The monoisotopic (exact) mass is 491 g/mol. The molecule has 1 fully saturated rings. The number of rotatable bonds is 6. The van der Waals surface area contributed by atoms with Crippen molar-refractivity contribution in [2.24, 2.45) is 0 Å². The number of benzene rings is 1. The Morgan fingerprint density at radius 2 is 2.12 bits per heavy atom. The van der Waals surface area contributed by atoms with Crippen molar-refractivity contribution < 1.29 is 18.0 Å². The van der Waals surface area contributed by atoms with Crippen molar-refractivity contribution in [1.29, 1.82) is 0 Å². The molecule has 2 aromatic heterocycles. The fraction of sp³-hybridized carbons (Fsp3) is 0.375. The fourth-order valence-corrected chi connectivity index (χ4v) is 4.51. The molecular weight excluding hydrogens is 467 g/mol. The van der Waals surface area contributed by atoms with Gasteiger partial charge in [-0.15, -0.1) is 0 Å². The molecule has 1 aliphatic heterocycles. The predicted molar refractivity (Wildman–Crippen MR) is 123 cm³/mol. The second kappa shape index (κ2) is 10.1. The van der Waals surface area contributed by atoms with Gasteiger partial charge in [0.1, 0.15) is 5.69 Å². The Balaban J connectivity index is 1.67. The zero-order valence-electron chi connectivity index (χ0n) is 18.6. The minimum atomic E-state index is -4.68. The molecule has 2 atom stereocenters. The lowest BCUT2D eigenvalue weighted by Gasteiger charge is -2.32. The van der Waals surface area contributed by atoms with Gasteiger partial charge in [0, 0.05) is 30.5 Å². The first-order valence-electron chi connectivity index (χ1n) is 11.2. The van der Waals surface area contributed by atoms with Crippen molar-refractivity contribution in [3.8, 4) is 11.1 Å². The molecule has 34 heavy (non-hydrogen) atoms. The first-order chi connectivity index (χ1) is 16.3. The highest BCUT2D eigenvalue weighted by molar-refractivity contribution is 6.34. The molecule has 0 bridgehead atoms. The summed E-state index contributed by atoms with van der Waals surface area (Å²) in [5, 5.41) is 9.95. The third kappa shape index (κ3) is 5.26. The smallest absolute Gasteiger partial charge is 0.342 e. The van der Waals surface area contributed by atoms with Crippen LogP contribution in [0.4, 0.5) is 13.2 Å². The van der Waals surface area contributed by atoms with Crippen molar-refractivity contribution in [3.63, 3.8) is 0 Å². The molecule has 6 nitrogen and oxygen atoms in total. The van der Waals surface area contributed by atoms with Gasteiger partial charge < -0.3 is 10.6 Å². The van der Waals surface area contributed by atoms with Gasteiger partial charge in [-0.1, -0.05) is 36.2 Å². The van der Waals surface area contributed by atoms with E-state index in [0.717, 1.165) is 61.3 Å². The van der Waals surface area contributed by atoms with E-state index in [4.69, 9.17) is 11.6 Å². The number of piperidine rings is 1. The Kier molecular flexibility index (Phi) is 7.23. The maximum Gasteiger partial charge on any atom is 0.417 e. The summed E-state index contributed by atoms with van der Waals surface area (Å²) < 4.78 is 41.7. The van der Waals surface area contributed by atoms with E-state index in [1.165, 1.54) is 0 Å². The number of aryl methyl sites for hydroxylation is 1. The van der Waals surface area contributed by atoms with Crippen molar-refractivity contribution in [3.05, 3.63) is 70.8 Å². The molecule has 1 unspecified atom stereocenters. The van der Waals surface area contributed by atoms with Crippen LogP contribution in [-0.4, -0.2) is 33.3 Å². The number of nitrogens with zero attached hydrogens (tertiary/aromatic N) is 3. The van der Waals surface area contributed by atoms with Crippen LogP contribution in [0.15, 0.2) is 48.9 Å². The molecule has 0 saturated carbocycles. The predicted octanol–water partition coefficient (Wildman–Crippen LogP) is 5.25. The van der Waals surface area contributed by atoms with Crippen LogP contribution in [0, 0.1) is 0 Å². The van der Waals surface area contributed by atoms with E-state index in [2.05, 4.69) is 20.7 Å². The van der Waals surface area contributed by atoms with E-state index in [0.29, 0.717) is 0 Å². The van der Waals surface area contributed by atoms with Gasteiger partial charge in [-0.2, -0.15) is 18.3 Å². The Labute approximate surface area is 200 Å². The van der Waals surface area contributed by atoms with Gasteiger partial charge in [0.15, 0.2) is 0 Å². The molecule has 1 aliphatic rings. The molecule has 3 aromatic rings. The van der Waals surface area contributed by atoms with Crippen LogP contribution in [0.2, 0.25) is 5.02 Å². The van der Waals surface area contributed by atoms with Crippen LogP contribution in [0.5, 0.6) is 0 Å². The van der Waals surface area contributed by atoms with E-state index in [1.54, 1.807) is 6.20 Å². The minimum absolute atomic E-state index is 0.0871. The quantitative estimate of drug-likeness (QED) is 0.494. The number of amides is 1. The zero-order chi connectivity index (χ0) is 24.3. The molecule has 1 amide bonds. The average molecular weight is 492 g/mol. The molecule has 0 aliphatic carbocycles. The second-order valence-electron chi connectivity index (χ2n) is 8.24. The third-order valence-corrected chi connectivity index (χ3v) is 6.37. The zero-order valence-corrected chi connectivity index (χ0v) is 19.3. The summed E-state index contributed by atoms with van der Waals surface area (Å²) in [4.78, 5) is 16.9. The van der Waals surface area contributed by atoms with E-state index < -0.39 is 34.4 Å². The van der Waals surface area contributed by atoms with E-state index in [9.17, 15) is 18.0 Å². The van der Waals surface area contributed by atoms with Gasteiger partial charge in [0.2, 0.25) is 0 Å². The molecule has 0 radical (unpaired) electrons. The van der Waals surface area contributed by atoms with Crippen molar-refractivity contribution in [2.75, 3.05) is 6.54 Å². The molecule has 3 heterocycles. The average Bonchev–Trinajstić information content (AvgIpc) is 3.32. The number of hydrogen-bond donors (Lipinski definition) is 2. The van der Waals surface area contributed by atoms with Gasteiger partial charge in [0.05, 0.1) is 22.8 Å². The first-order valence-corrected chi connectivity index (χ1v) is 11.5. The molecular formula is C24H25ClF3N5O. The Hall–Kier alpha value is -2.91. The number of hydrogen-bond acceptors (Lipinski definition) is 4. The summed E-state index contributed by atoms with van der Waals surface area (Å²) in [6.07, 6.45) is 2.80. The second-order valence-corrected chi connectivity index (χ2v) is 8.61. The highest BCUT2D eigenvalue weighted by atomic mass is 35.5. The van der Waals surface area contributed by atoms with Crippen molar-refractivity contribution in [1.82, 2.24) is 25.4 Å². The van der Waals surface area contributed by atoms with Crippen LogP contribution < -0.4 is 10.6 Å². The van der Waals surface area contributed by atoms with Gasteiger partial charge in [0.25, 0.3) is 5.91 Å². The summed E-state index contributed by atoms with van der Waals surface area (Å²) in [6, 6.07) is 7.91. The number of aromatic nitrogens is 3. The molecule has 4 rings (SSSR count). The topological polar surface area (TPSA) is 71.8 Å². The molecule has 1 saturated heterocycles. The number of carbonyl (C=O) groups excluding carboxylic acids is 1. The molecule has 180 valence electrons. The molecule has 1 aromatic carbocycles. The van der Waals surface area contributed by atoms with E-state index >= 15 is 0 Å². The highest BCUT2D eigenvalue weighted by Crippen LogP contribution is 2.36. The number of alkyl halides is 3. The van der Waals surface area contributed by atoms with Crippen molar-refractivity contribution in [2.45, 2.75) is 51.0 Å². The van der Waals surface area contributed by atoms with Crippen LogP contribution in [0.3, 0.4) is 0 Å². The number of halogens is 4. The summed E-state index contributed by atoms with van der Waals surface area (Å²) in [5.41, 5.74) is 1.17. The summed E-state index contributed by atoms with van der Waals surface area (Å²) >= 11 is 5.96. The summed E-state index contributed by atoms with van der Waals surface area (Å²) in [5.74, 6) is -0.752. The van der Waals surface area contributed by atoms with Gasteiger partial charge in [-0.25, -0.2) is 4.98 Å². The van der Waals surface area contributed by atoms with Gasteiger partial charge in [-0.05, 0) is 49.6 Å². The fourth-order valence-electron chi connectivity index (χ4n) is 4.21. The maximum absolute atomic E-state index is 13.3. The molecule has 0 spiro atoms. The van der Waals surface area contributed by atoms with Crippen LogP contribution in [0.25, 0.3) is 11.1 Å². The van der Waals surface area contributed by atoms with Gasteiger partial charge in [-0.3, -0.25) is 9.48 Å². The Bertz CT molecular complexity index is 1160. The highest BCUT2D eigenvalue weighted by Gasteiger charge is 2.36. The molecule has 2 N–H and O–H groups in total. The lowest BCUT2D eigenvalue weighted by Crippen LogP contribution is -2.46. The Morgan fingerprint density at radius 1 is 1.29 bits per heavy atom. The first kappa shape index (κ1) is 24.2. The van der Waals surface area contributed by atoms with Gasteiger partial charge >= 0.3 is 6.18 Å². The van der Waals surface area contributed by atoms with E-state index in [1.807, 2.05) is 42.1 Å². The Morgan fingerprint density at radius 3 is 2.79 bits per heavy atom.